The Balaban J connectivity index is 1.23. The molecule has 0 saturated carbocycles. The van der Waals surface area contributed by atoms with Gasteiger partial charge in [-0.1, -0.05) is 36.4 Å². The molecule has 5 rings (SSSR count). The SMILES string of the molecule is CN1C(=O)c2cc(NC(=O)c3cccc(F)c3)ccc2OC[C@H]2O[C@@H](CC(=O)NCc3ccccc3)CC[C@H]21. The molecule has 8 nitrogen and oxygen atoms in total. The van der Waals surface area contributed by atoms with E-state index in [1.807, 2.05) is 30.3 Å². The zero-order chi connectivity index (χ0) is 27.4. The fourth-order valence-corrected chi connectivity index (χ4v) is 5.01. The number of ether oxygens (including phenoxy) is 2. The van der Waals surface area contributed by atoms with Gasteiger partial charge in [0.2, 0.25) is 5.91 Å². The highest BCUT2D eigenvalue weighted by molar-refractivity contribution is 6.05. The van der Waals surface area contributed by atoms with E-state index in [2.05, 4.69) is 10.6 Å². The minimum absolute atomic E-state index is 0.0864. The van der Waals surface area contributed by atoms with Gasteiger partial charge in [-0.05, 0) is 54.8 Å². The molecule has 3 aromatic rings. The summed E-state index contributed by atoms with van der Waals surface area (Å²) in [6.45, 7) is 0.673. The highest BCUT2D eigenvalue weighted by Crippen LogP contribution is 2.32. The normalized spacial score (nSPS) is 20.5. The molecule has 0 bridgehead atoms. The molecule has 2 N–H and O–H groups in total. The number of nitrogens with one attached hydrogen (secondary N) is 2. The van der Waals surface area contributed by atoms with Gasteiger partial charge < -0.3 is 25.0 Å². The molecule has 39 heavy (non-hydrogen) atoms. The van der Waals surface area contributed by atoms with Crippen LogP contribution in [-0.4, -0.2) is 54.5 Å². The molecule has 3 atom stereocenters. The third-order valence-electron chi connectivity index (χ3n) is 7.10. The summed E-state index contributed by atoms with van der Waals surface area (Å²) in [5, 5.41) is 5.65. The zero-order valence-electron chi connectivity index (χ0n) is 21.6. The van der Waals surface area contributed by atoms with Crippen LogP contribution >= 0.6 is 0 Å². The number of hydrogen-bond acceptors (Lipinski definition) is 5. The number of nitrogens with zero attached hydrogens (tertiary/aromatic N) is 1. The molecule has 0 spiro atoms. The van der Waals surface area contributed by atoms with Crippen molar-refractivity contribution in [3.05, 3.63) is 95.3 Å². The molecule has 1 fully saturated rings. The van der Waals surface area contributed by atoms with Crippen LogP contribution in [0.25, 0.3) is 0 Å². The summed E-state index contributed by atoms with van der Waals surface area (Å²) in [5.41, 5.74) is 1.91. The van der Waals surface area contributed by atoms with Gasteiger partial charge in [0, 0.05) is 24.8 Å². The first-order chi connectivity index (χ1) is 18.9. The molecule has 0 aromatic heterocycles. The molecule has 2 aliphatic heterocycles. The van der Waals surface area contributed by atoms with Gasteiger partial charge in [-0.25, -0.2) is 4.39 Å². The number of fused-ring (bicyclic) bond motifs is 2. The van der Waals surface area contributed by atoms with Gasteiger partial charge in [0.05, 0.1) is 24.1 Å². The molecule has 0 radical (unpaired) electrons. The van der Waals surface area contributed by atoms with Gasteiger partial charge >= 0.3 is 0 Å². The fourth-order valence-electron chi connectivity index (χ4n) is 5.01. The van der Waals surface area contributed by atoms with E-state index in [1.54, 1.807) is 30.1 Å². The lowest BCUT2D eigenvalue weighted by molar-refractivity contribution is -0.134. The second-order valence-corrected chi connectivity index (χ2v) is 9.81. The molecule has 3 aromatic carbocycles. The fraction of sp³-hybridized carbons (Fsp3) is 0.300. The molecule has 9 heteroatoms. The van der Waals surface area contributed by atoms with E-state index in [-0.39, 0.29) is 48.7 Å². The van der Waals surface area contributed by atoms with Crippen LogP contribution in [0.1, 0.15) is 45.5 Å². The topological polar surface area (TPSA) is 97.0 Å². The van der Waals surface area contributed by atoms with E-state index in [9.17, 15) is 18.8 Å². The van der Waals surface area contributed by atoms with Crippen LogP contribution < -0.4 is 15.4 Å². The predicted molar refractivity (Wildman–Crippen MR) is 143 cm³/mol. The van der Waals surface area contributed by atoms with Crippen LogP contribution in [0.2, 0.25) is 0 Å². The second-order valence-electron chi connectivity index (χ2n) is 9.81. The molecule has 1 saturated heterocycles. The third kappa shape index (κ3) is 6.26. The summed E-state index contributed by atoms with van der Waals surface area (Å²) in [4.78, 5) is 40.2. The lowest BCUT2D eigenvalue weighted by Gasteiger charge is -2.42. The van der Waals surface area contributed by atoms with Crippen molar-refractivity contribution in [3.8, 4) is 5.75 Å². The number of carbonyl (C=O) groups is 3. The molecule has 0 unspecified atom stereocenters. The molecular formula is C30H30FN3O5. The van der Waals surface area contributed by atoms with Crippen molar-refractivity contribution >= 4 is 23.4 Å². The largest absolute Gasteiger partial charge is 0.490 e. The van der Waals surface area contributed by atoms with E-state index in [0.717, 1.165) is 11.6 Å². The highest BCUT2D eigenvalue weighted by Gasteiger charge is 2.39. The number of rotatable bonds is 6. The van der Waals surface area contributed by atoms with Crippen molar-refractivity contribution in [3.63, 3.8) is 0 Å². The first kappa shape index (κ1) is 26.4. The Labute approximate surface area is 226 Å². The number of amides is 3. The van der Waals surface area contributed by atoms with Gasteiger partial charge in [0.1, 0.15) is 24.3 Å². The Morgan fingerprint density at radius 3 is 2.64 bits per heavy atom. The lowest BCUT2D eigenvalue weighted by Crippen LogP contribution is -2.53. The first-order valence-corrected chi connectivity index (χ1v) is 12.9. The van der Waals surface area contributed by atoms with Gasteiger partial charge in [0.15, 0.2) is 0 Å². The summed E-state index contributed by atoms with van der Waals surface area (Å²) in [6, 6.07) is 19.7. The van der Waals surface area contributed by atoms with Crippen LogP contribution in [0.15, 0.2) is 72.8 Å². The summed E-state index contributed by atoms with van der Waals surface area (Å²) >= 11 is 0. The van der Waals surface area contributed by atoms with E-state index >= 15 is 0 Å². The van der Waals surface area contributed by atoms with E-state index in [4.69, 9.17) is 9.47 Å². The maximum atomic E-state index is 13.5. The number of hydrogen-bond donors (Lipinski definition) is 2. The van der Waals surface area contributed by atoms with Crippen LogP contribution in [0.4, 0.5) is 10.1 Å². The Hall–Kier alpha value is -4.24. The minimum atomic E-state index is -0.509. The second kappa shape index (κ2) is 11.7. The van der Waals surface area contributed by atoms with Crippen molar-refractivity contribution in [1.82, 2.24) is 10.2 Å². The Morgan fingerprint density at radius 1 is 1.03 bits per heavy atom. The Morgan fingerprint density at radius 2 is 1.85 bits per heavy atom. The van der Waals surface area contributed by atoms with E-state index in [0.29, 0.717) is 36.4 Å². The number of halogens is 1. The predicted octanol–water partition coefficient (Wildman–Crippen LogP) is 4.17. The maximum Gasteiger partial charge on any atom is 0.257 e. The number of benzene rings is 3. The van der Waals surface area contributed by atoms with Crippen LogP contribution in [0, 0.1) is 5.82 Å². The van der Waals surface area contributed by atoms with Crippen molar-refractivity contribution in [2.75, 3.05) is 19.0 Å². The molecular weight excluding hydrogens is 501 g/mol. The van der Waals surface area contributed by atoms with Crippen LogP contribution in [0.3, 0.4) is 0 Å². The average Bonchev–Trinajstić information content (AvgIpc) is 2.94. The van der Waals surface area contributed by atoms with Crippen LogP contribution in [-0.2, 0) is 16.1 Å². The molecule has 3 amide bonds. The van der Waals surface area contributed by atoms with Crippen molar-refractivity contribution in [1.29, 1.82) is 0 Å². The zero-order valence-corrected chi connectivity index (χ0v) is 21.6. The Kier molecular flexibility index (Phi) is 7.88. The number of likely N-dealkylation sites (N-methyl/N-ethyl adjacent to an activating group) is 1. The third-order valence-corrected chi connectivity index (χ3v) is 7.10. The number of anilines is 1. The van der Waals surface area contributed by atoms with Crippen LogP contribution in [0.5, 0.6) is 5.75 Å². The smallest absolute Gasteiger partial charge is 0.257 e. The summed E-state index contributed by atoms with van der Waals surface area (Å²) in [7, 11) is 1.73. The van der Waals surface area contributed by atoms with Gasteiger partial charge in [-0.3, -0.25) is 14.4 Å². The average molecular weight is 532 g/mol. The minimum Gasteiger partial charge on any atom is -0.490 e. The van der Waals surface area contributed by atoms with Gasteiger partial charge in [-0.15, -0.1) is 0 Å². The standard InChI is InChI=1S/C30H30FN3O5/c1-34-25-12-11-23(16-28(35)32-17-19-6-3-2-4-7-19)39-27(25)18-38-26-13-10-22(15-24(26)30(34)37)33-29(36)20-8-5-9-21(31)14-20/h2-10,13-15,23,25,27H,11-12,16-18H2,1H3,(H,32,35)(H,33,36)/t23-,25-,27-/m1/s1. The van der Waals surface area contributed by atoms with Gasteiger partial charge in [0.25, 0.3) is 11.8 Å². The molecule has 2 aliphatic rings. The summed E-state index contributed by atoms with van der Waals surface area (Å²) in [6.07, 6.45) is 0.874. The first-order valence-electron chi connectivity index (χ1n) is 12.9. The highest BCUT2D eigenvalue weighted by atomic mass is 19.1. The maximum absolute atomic E-state index is 13.5. The molecule has 202 valence electrons. The summed E-state index contributed by atoms with van der Waals surface area (Å²) in [5.74, 6) is -0.965. The summed E-state index contributed by atoms with van der Waals surface area (Å²) < 4.78 is 25.8. The van der Waals surface area contributed by atoms with Crippen molar-refractivity contribution in [2.45, 2.75) is 44.1 Å². The lowest BCUT2D eigenvalue weighted by atomic mass is 9.94. The quantitative estimate of drug-likeness (QED) is 0.498. The monoisotopic (exact) mass is 531 g/mol. The van der Waals surface area contributed by atoms with Crippen molar-refractivity contribution < 1.29 is 28.2 Å². The molecule has 2 heterocycles. The number of carbonyl (C=O) groups excluding carboxylic acids is 3. The van der Waals surface area contributed by atoms with E-state index in [1.165, 1.54) is 18.2 Å². The molecule has 0 aliphatic carbocycles. The van der Waals surface area contributed by atoms with Gasteiger partial charge in [-0.2, -0.15) is 0 Å². The Bertz CT molecular complexity index is 1370. The van der Waals surface area contributed by atoms with E-state index < -0.39 is 11.7 Å². The van der Waals surface area contributed by atoms with Crippen molar-refractivity contribution in [2.24, 2.45) is 0 Å².